The molecule has 5 heteroatoms. The predicted molar refractivity (Wildman–Crippen MR) is 62.6 cm³/mol. The zero-order valence-electron chi connectivity index (χ0n) is 10.9. The number of furan rings is 1. The van der Waals surface area contributed by atoms with E-state index in [1.54, 1.807) is 19.2 Å². The molecule has 0 aromatic carbocycles. The lowest BCUT2D eigenvalue weighted by Crippen LogP contribution is -2.37. The highest BCUT2D eigenvalue weighted by molar-refractivity contribution is 5.86. The van der Waals surface area contributed by atoms with Crippen molar-refractivity contribution < 1.29 is 23.2 Å². The topological polar surface area (TPSA) is 48.7 Å². The highest BCUT2D eigenvalue weighted by Crippen LogP contribution is 2.10. The molecule has 0 amide bonds. The Morgan fingerprint density at radius 3 is 2.65 bits per heavy atom. The highest BCUT2D eigenvalue weighted by atomic mass is 16.5. The summed E-state index contributed by atoms with van der Waals surface area (Å²) < 4.78 is 16.0. The summed E-state index contributed by atoms with van der Waals surface area (Å²) >= 11 is 0. The van der Waals surface area contributed by atoms with E-state index in [1.165, 1.54) is 0 Å². The third-order valence-electron chi connectivity index (χ3n) is 2.14. The summed E-state index contributed by atoms with van der Waals surface area (Å²) in [7, 11) is 7.69. The van der Waals surface area contributed by atoms with Gasteiger partial charge in [-0.3, -0.25) is 0 Å². The molecule has 1 aromatic heterocycles. The van der Waals surface area contributed by atoms with Gasteiger partial charge in [-0.1, -0.05) is 0 Å². The maximum atomic E-state index is 11.6. The molecule has 1 heterocycles. The van der Waals surface area contributed by atoms with Gasteiger partial charge in [-0.05, 0) is 12.1 Å². The molecule has 1 rings (SSSR count). The molecule has 0 aliphatic heterocycles. The average molecular weight is 242 g/mol. The van der Waals surface area contributed by atoms with Crippen LogP contribution in [0.4, 0.5) is 0 Å². The zero-order chi connectivity index (χ0) is 12.9. The van der Waals surface area contributed by atoms with Crippen molar-refractivity contribution in [2.24, 2.45) is 0 Å². The minimum Gasteiger partial charge on any atom is -0.454 e. The molecule has 0 N–H and O–H groups in total. The number of nitrogens with zero attached hydrogens (tertiary/aromatic N) is 1. The van der Waals surface area contributed by atoms with Crippen LogP contribution in [0.2, 0.25) is 0 Å². The molecule has 0 fully saturated rings. The van der Waals surface area contributed by atoms with E-state index in [1.807, 2.05) is 21.1 Å². The van der Waals surface area contributed by atoms with Crippen LogP contribution >= 0.6 is 0 Å². The lowest BCUT2D eigenvalue weighted by atomic mass is 10.4. The van der Waals surface area contributed by atoms with Crippen molar-refractivity contribution >= 4 is 5.97 Å². The van der Waals surface area contributed by atoms with Crippen molar-refractivity contribution in [3.05, 3.63) is 23.7 Å². The van der Waals surface area contributed by atoms with Crippen LogP contribution in [0.1, 0.15) is 16.3 Å². The van der Waals surface area contributed by atoms with E-state index < -0.39 is 5.97 Å². The fraction of sp³-hybridized carbons (Fsp3) is 0.583. The standard InChI is InChI=1S/C12H20NO4/c1-13(2,3)7-8-16-12(14)11-6-5-10(17-11)9-15-4/h5-6H,7-9H2,1-4H3/q+1. The van der Waals surface area contributed by atoms with Crippen LogP contribution in [0, 0.1) is 0 Å². The van der Waals surface area contributed by atoms with Gasteiger partial charge in [-0.2, -0.15) is 0 Å². The summed E-state index contributed by atoms with van der Waals surface area (Å²) in [5.74, 6) is 0.408. The summed E-state index contributed by atoms with van der Waals surface area (Å²) in [4.78, 5) is 11.6. The van der Waals surface area contributed by atoms with Crippen LogP contribution < -0.4 is 0 Å². The molecule has 0 atom stereocenters. The minimum absolute atomic E-state index is 0.221. The van der Waals surface area contributed by atoms with E-state index in [4.69, 9.17) is 13.9 Å². The quantitative estimate of drug-likeness (QED) is 0.557. The normalized spacial score (nSPS) is 11.5. The Bertz CT molecular complexity index is 365. The number of hydrogen-bond acceptors (Lipinski definition) is 4. The van der Waals surface area contributed by atoms with Crippen molar-refractivity contribution in [3.63, 3.8) is 0 Å². The molecule has 0 spiro atoms. The zero-order valence-corrected chi connectivity index (χ0v) is 10.9. The molecule has 0 bridgehead atoms. The summed E-state index contributed by atoms with van der Waals surface area (Å²) in [6.45, 7) is 1.49. The van der Waals surface area contributed by atoms with Gasteiger partial charge in [0.1, 0.15) is 25.5 Å². The molecule has 0 saturated carbocycles. The summed E-state index contributed by atoms with van der Waals surface area (Å²) in [5, 5.41) is 0. The Labute approximate surface area is 102 Å². The Hall–Kier alpha value is -1.33. The van der Waals surface area contributed by atoms with Crippen molar-refractivity contribution in [3.8, 4) is 0 Å². The number of esters is 1. The van der Waals surface area contributed by atoms with Crippen LogP contribution in [0.5, 0.6) is 0 Å². The van der Waals surface area contributed by atoms with Crippen molar-refractivity contribution in [1.29, 1.82) is 0 Å². The predicted octanol–water partition coefficient (Wildman–Crippen LogP) is 1.29. The first-order valence-electron chi connectivity index (χ1n) is 5.47. The Morgan fingerprint density at radius 2 is 2.06 bits per heavy atom. The summed E-state index contributed by atoms with van der Waals surface area (Å²) in [6.07, 6.45) is 0. The fourth-order valence-corrected chi connectivity index (χ4v) is 1.19. The lowest BCUT2D eigenvalue weighted by molar-refractivity contribution is -0.870. The van der Waals surface area contributed by atoms with Crippen molar-refractivity contribution in [2.45, 2.75) is 6.61 Å². The van der Waals surface area contributed by atoms with Crippen molar-refractivity contribution in [1.82, 2.24) is 0 Å². The molecule has 0 saturated heterocycles. The first-order chi connectivity index (χ1) is 7.92. The van der Waals surface area contributed by atoms with E-state index in [0.717, 1.165) is 11.0 Å². The number of likely N-dealkylation sites (N-methyl/N-ethyl adjacent to an activating group) is 1. The highest BCUT2D eigenvalue weighted by Gasteiger charge is 2.14. The minimum atomic E-state index is -0.430. The van der Waals surface area contributed by atoms with Crippen LogP contribution in [0.15, 0.2) is 16.5 Å². The maximum absolute atomic E-state index is 11.6. The first-order valence-corrected chi connectivity index (χ1v) is 5.47. The summed E-state index contributed by atoms with van der Waals surface area (Å²) in [6, 6.07) is 3.31. The SMILES string of the molecule is COCc1ccc(C(=O)OCC[N+](C)(C)C)o1. The van der Waals surface area contributed by atoms with Gasteiger partial charge < -0.3 is 18.4 Å². The van der Waals surface area contributed by atoms with Crippen LogP contribution in [0.3, 0.4) is 0 Å². The number of hydrogen-bond donors (Lipinski definition) is 0. The van der Waals surface area contributed by atoms with E-state index in [2.05, 4.69) is 0 Å². The van der Waals surface area contributed by atoms with E-state index in [0.29, 0.717) is 19.0 Å². The number of methoxy groups -OCH3 is 1. The second kappa shape index (κ2) is 5.84. The van der Waals surface area contributed by atoms with Gasteiger partial charge in [-0.15, -0.1) is 0 Å². The number of ether oxygens (including phenoxy) is 2. The monoisotopic (exact) mass is 242 g/mol. The molecule has 0 aliphatic rings. The molecular formula is C12H20NO4+. The van der Waals surface area contributed by atoms with E-state index >= 15 is 0 Å². The lowest BCUT2D eigenvalue weighted by Gasteiger charge is -2.23. The van der Waals surface area contributed by atoms with E-state index in [-0.39, 0.29) is 5.76 Å². The van der Waals surface area contributed by atoms with Gasteiger partial charge in [0, 0.05) is 7.11 Å². The molecule has 96 valence electrons. The Balaban J connectivity index is 2.41. The van der Waals surface area contributed by atoms with Gasteiger partial charge in [0.25, 0.3) is 0 Å². The van der Waals surface area contributed by atoms with Gasteiger partial charge in [0.05, 0.1) is 21.1 Å². The van der Waals surface area contributed by atoms with Crippen LogP contribution in [-0.4, -0.2) is 51.9 Å². The Kier molecular flexibility index (Phi) is 4.72. The third kappa shape index (κ3) is 5.01. The molecule has 17 heavy (non-hydrogen) atoms. The molecular weight excluding hydrogens is 222 g/mol. The second-order valence-electron chi connectivity index (χ2n) is 4.85. The smallest absolute Gasteiger partial charge is 0.374 e. The average Bonchev–Trinajstić information content (AvgIpc) is 2.65. The van der Waals surface area contributed by atoms with E-state index in [9.17, 15) is 4.79 Å². The van der Waals surface area contributed by atoms with Gasteiger partial charge in [-0.25, -0.2) is 4.79 Å². The Morgan fingerprint density at radius 1 is 1.35 bits per heavy atom. The molecule has 0 radical (unpaired) electrons. The molecule has 0 aliphatic carbocycles. The van der Waals surface area contributed by atoms with Gasteiger partial charge in [0.2, 0.25) is 5.76 Å². The van der Waals surface area contributed by atoms with Gasteiger partial charge in [0.15, 0.2) is 0 Å². The first kappa shape index (κ1) is 13.7. The maximum Gasteiger partial charge on any atom is 0.374 e. The largest absolute Gasteiger partial charge is 0.454 e. The third-order valence-corrected chi connectivity index (χ3v) is 2.14. The summed E-state index contributed by atoms with van der Waals surface area (Å²) in [5.41, 5.74) is 0. The fourth-order valence-electron chi connectivity index (χ4n) is 1.19. The molecule has 5 nitrogen and oxygen atoms in total. The second-order valence-corrected chi connectivity index (χ2v) is 4.85. The number of rotatable bonds is 6. The van der Waals surface area contributed by atoms with Gasteiger partial charge >= 0.3 is 5.97 Å². The number of carbonyl (C=O) groups excluding carboxylic acids is 1. The number of carbonyl (C=O) groups is 1. The molecule has 1 aromatic rings. The van der Waals surface area contributed by atoms with Crippen molar-refractivity contribution in [2.75, 3.05) is 41.4 Å². The number of quaternary nitrogens is 1. The van der Waals surface area contributed by atoms with Crippen LogP contribution in [-0.2, 0) is 16.1 Å². The van der Waals surface area contributed by atoms with Crippen LogP contribution in [0.25, 0.3) is 0 Å². The molecule has 0 unspecified atom stereocenters.